The third kappa shape index (κ3) is 12.3. The number of nitrogens with two attached hydrogens (primary N) is 1. The number of ether oxygens (including phenoxy) is 1. The standard InChI is InChI=1S/C8H17NO4.C4H9NO2S/c1-3-4-8(2,5-10)6(11)13-7(9)12;1-3(2)8-5-4(6)7/h6,10-11H,3-5H2,1-2H3,(H2,9,12);3,5H,1-2H3,(H,6,7)/p-1. The Balaban J connectivity index is 0. The number of carbonyl (C=O) groups is 2. The highest BCUT2D eigenvalue weighted by Crippen LogP contribution is 2.27. The molecule has 8 nitrogen and oxygen atoms in total. The molecule has 0 saturated carbocycles. The van der Waals surface area contributed by atoms with Crippen LogP contribution in [-0.2, 0) is 4.74 Å². The van der Waals surface area contributed by atoms with Crippen molar-refractivity contribution in [2.24, 2.45) is 11.1 Å². The van der Waals surface area contributed by atoms with Crippen LogP contribution in [0, 0.1) is 5.41 Å². The van der Waals surface area contributed by atoms with Crippen LogP contribution in [0.5, 0.6) is 0 Å². The van der Waals surface area contributed by atoms with E-state index in [1.54, 1.807) is 6.92 Å². The highest BCUT2D eigenvalue weighted by Gasteiger charge is 2.34. The summed E-state index contributed by atoms with van der Waals surface area (Å²) in [6.45, 7) is 7.06. The van der Waals surface area contributed by atoms with E-state index in [0.717, 1.165) is 18.4 Å². The molecule has 0 aromatic rings. The lowest BCUT2D eigenvalue weighted by molar-refractivity contribution is -0.247. The van der Waals surface area contributed by atoms with Gasteiger partial charge >= 0.3 is 6.09 Å². The molecule has 0 aliphatic carbocycles. The lowest BCUT2D eigenvalue weighted by Gasteiger charge is -2.30. The van der Waals surface area contributed by atoms with Crippen LogP contribution in [0.1, 0.15) is 40.5 Å². The summed E-state index contributed by atoms with van der Waals surface area (Å²) in [5.41, 5.74) is 3.91. The van der Waals surface area contributed by atoms with Gasteiger partial charge in [-0.3, -0.25) is 0 Å². The van der Waals surface area contributed by atoms with Crippen molar-refractivity contribution in [1.29, 1.82) is 0 Å². The predicted octanol–water partition coefficient (Wildman–Crippen LogP) is 0.175. The van der Waals surface area contributed by atoms with E-state index in [2.05, 4.69) is 9.46 Å². The first-order valence-electron chi connectivity index (χ1n) is 6.46. The van der Waals surface area contributed by atoms with Crippen LogP contribution in [0.25, 0.3) is 0 Å². The van der Waals surface area contributed by atoms with Crippen molar-refractivity contribution < 1.29 is 29.6 Å². The van der Waals surface area contributed by atoms with Gasteiger partial charge < -0.3 is 35.3 Å². The molecule has 0 aromatic carbocycles. The Morgan fingerprint density at radius 1 is 1.48 bits per heavy atom. The summed E-state index contributed by atoms with van der Waals surface area (Å²) in [7, 11) is 0. The van der Waals surface area contributed by atoms with Crippen LogP contribution in [0.3, 0.4) is 0 Å². The number of amides is 2. The lowest BCUT2D eigenvalue weighted by atomic mass is 9.86. The molecule has 5 N–H and O–H groups in total. The fourth-order valence-electron chi connectivity index (χ4n) is 1.27. The van der Waals surface area contributed by atoms with Crippen molar-refractivity contribution in [3.63, 3.8) is 0 Å². The molecule has 2 unspecified atom stereocenters. The molecule has 0 radical (unpaired) electrons. The fourth-order valence-corrected chi connectivity index (χ4v) is 1.60. The van der Waals surface area contributed by atoms with Gasteiger partial charge in [0.1, 0.15) is 6.09 Å². The summed E-state index contributed by atoms with van der Waals surface area (Å²) >= 11 is 1.13. The molecule has 0 saturated heterocycles. The van der Waals surface area contributed by atoms with Crippen LogP contribution >= 0.6 is 11.9 Å². The van der Waals surface area contributed by atoms with Crippen molar-refractivity contribution in [2.75, 3.05) is 6.61 Å². The second-order valence-corrected chi connectivity index (χ2v) is 6.29. The molecular weight excluding hydrogens is 300 g/mol. The minimum Gasteiger partial charge on any atom is -0.529 e. The first-order valence-corrected chi connectivity index (χ1v) is 7.34. The van der Waals surface area contributed by atoms with Crippen LogP contribution in [0.4, 0.5) is 9.59 Å². The molecule has 2 amide bonds. The van der Waals surface area contributed by atoms with E-state index >= 15 is 0 Å². The number of hydrogen-bond donors (Lipinski definition) is 4. The predicted molar refractivity (Wildman–Crippen MR) is 78.0 cm³/mol. The SMILES string of the molecule is CC(C)SNC(=O)[O-].CCCC(C)(CO)C(O)OC(N)=O. The van der Waals surface area contributed by atoms with Crippen molar-refractivity contribution in [1.82, 2.24) is 4.72 Å². The third-order valence-corrected chi connectivity index (χ3v) is 3.14. The van der Waals surface area contributed by atoms with Crippen LogP contribution in [0.15, 0.2) is 0 Å². The topological polar surface area (TPSA) is 145 Å². The minimum atomic E-state index is -1.35. The second kappa shape index (κ2) is 11.5. The fraction of sp³-hybridized carbons (Fsp3) is 0.833. The zero-order valence-corrected chi connectivity index (χ0v) is 13.6. The lowest BCUT2D eigenvalue weighted by Crippen LogP contribution is -2.40. The average molecular weight is 325 g/mol. The molecule has 0 fully saturated rings. The van der Waals surface area contributed by atoms with E-state index in [-0.39, 0.29) is 11.9 Å². The highest BCUT2D eigenvalue weighted by atomic mass is 32.2. The third-order valence-electron chi connectivity index (χ3n) is 2.38. The van der Waals surface area contributed by atoms with E-state index in [1.165, 1.54) is 0 Å². The summed E-state index contributed by atoms with van der Waals surface area (Å²) in [6, 6.07) is 0. The molecule has 0 aliphatic rings. The van der Waals surface area contributed by atoms with Gasteiger partial charge in [0, 0.05) is 5.25 Å². The molecule has 0 aromatic heterocycles. The summed E-state index contributed by atoms with van der Waals surface area (Å²) in [4.78, 5) is 20.0. The zero-order chi connectivity index (χ0) is 17.1. The average Bonchev–Trinajstić information content (AvgIpc) is 2.36. The zero-order valence-electron chi connectivity index (χ0n) is 12.8. The van der Waals surface area contributed by atoms with Gasteiger partial charge in [-0.15, -0.1) is 0 Å². The largest absolute Gasteiger partial charge is 0.529 e. The number of hydrogen-bond acceptors (Lipinski definition) is 7. The second-order valence-electron chi connectivity index (χ2n) is 4.91. The van der Waals surface area contributed by atoms with Crippen LogP contribution in [0.2, 0.25) is 0 Å². The Labute approximate surface area is 129 Å². The van der Waals surface area contributed by atoms with Gasteiger partial charge in [-0.25, -0.2) is 4.79 Å². The summed E-state index contributed by atoms with van der Waals surface area (Å²) < 4.78 is 6.46. The summed E-state index contributed by atoms with van der Waals surface area (Å²) in [6.07, 6.45) is -2.30. The Hall–Kier alpha value is -1.19. The number of primary amides is 1. The molecule has 0 bridgehead atoms. The minimum absolute atomic E-state index is 0.255. The molecular formula is C12H25N2O6S-. The van der Waals surface area contributed by atoms with Gasteiger partial charge in [0.05, 0.1) is 12.0 Å². The van der Waals surface area contributed by atoms with Crippen LogP contribution < -0.4 is 15.6 Å². The maximum atomic E-state index is 10.3. The normalized spacial score (nSPS) is 14.4. The number of aliphatic hydroxyl groups is 2. The Kier molecular flexibility index (Phi) is 12.1. The molecule has 0 rings (SSSR count). The van der Waals surface area contributed by atoms with Crippen LogP contribution in [-0.4, -0.2) is 40.5 Å². The Bertz CT molecular complexity index is 316. The number of rotatable bonds is 7. The first-order chi connectivity index (χ1) is 9.58. The molecule has 126 valence electrons. The number of carbonyl (C=O) groups excluding carboxylic acids is 2. The Morgan fingerprint density at radius 2 is 2.00 bits per heavy atom. The molecule has 9 heteroatoms. The van der Waals surface area contributed by atoms with Gasteiger partial charge in [0.25, 0.3) is 0 Å². The molecule has 0 spiro atoms. The monoisotopic (exact) mass is 325 g/mol. The van der Waals surface area contributed by atoms with E-state index in [0.29, 0.717) is 6.42 Å². The van der Waals surface area contributed by atoms with Gasteiger partial charge in [0.2, 0.25) is 6.29 Å². The van der Waals surface area contributed by atoms with Crippen molar-refractivity contribution in [3.8, 4) is 0 Å². The van der Waals surface area contributed by atoms with Crippen molar-refractivity contribution >= 4 is 24.1 Å². The van der Waals surface area contributed by atoms with E-state index in [1.807, 2.05) is 20.8 Å². The summed E-state index contributed by atoms with van der Waals surface area (Å²) in [5.74, 6) is 0. The smallest absolute Gasteiger partial charge is 0.406 e. The number of carboxylic acid groups (broad SMARTS) is 1. The first kappa shape index (κ1) is 22.1. The van der Waals surface area contributed by atoms with E-state index in [9.17, 15) is 19.8 Å². The van der Waals surface area contributed by atoms with E-state index < -0.39 is 23.9 Å². The molecule has 0 aliphatic heterocycles. The van der Waals surface area contributed by atoms with Crippen molar-refractivity contribution in [3.05, 3.63) is 0 Å². The summed E-state index contributed by atoms with van der Waals surface area (Å²) in [5, 5.41) is 28.3. The number of nitrogens with one attached hydrogen (secondary N) is 1. The quantitative estimate of drug-likeness (QED) is 0.386. The van der Waals surface area contributed by atoms with E-state index in [4.69, 9.17) is 10.8 Å². The Morgan fingerprint density at radius 3 is 2.24 bits per heavy atom. The molecule has 2 atom stereocenters. The van der Waals surface area contributed by atoms with Gasteiger partial charge in [-0.1, -0.05) is 34.1 Å². The maximum absolute atomic E-state index is 10.3. The van der Waals surface area contributed by atoms with Gasteiger partial charge in [-0.2, -0.15) is 0 Å². The van der Waals surface area contributed by atoms with Gasteiger partial charge in [0.15, 0.2) is 0 Å². The number of aliphatic hydroxyl groups excluding tert-OH is 2. The molecule has 0 heterocycles. The highest BCUT2D eigenvalue weighted by molar-refractivity contribution is 7.98. The molecule has 21 heavy (non-hydrogen) atoms. The van der Waals surface area contributed by atoms with Gasteiger partial charge in [-0.05, 0) is 18.4 Å². The maximum Gasteiger partial charge on any atom is 0.406 e. The van der Waals surface area contributed by atoms with Crippen molar-refractivity contribution in [2.45, 2.75) is 52.1 Å².